The van der Waals surface area contributed by atoms with Crippen molar-refractivity contribution >= 4 is 0 Å². The molecule has 0 nitrogen and oxygen atoms in total. The molecule has 0 aromatic rings. The normalized spacial score (nSPS) is 29.7. The van der Waals surface area contributed by atoms with Crippen molar-refractivity contribution in [1.29, 1.82) is 0 Å². The van der Waals surface area contributed by atoms with Crippen LogP contribution >= 0.6 is 0 Å². The molecule has 0 saturated carbocycles. The summed E-state index contributed by atoms with van der Waals surface area (Å²) in [6, 6.07) is 0. The minimum absolute atomic E-state index is 1.00. The Morgan fingerprint density at radius 2 is 1.14 bits per heavy atom. The van der Waals surface area contributed by atoms with Crippen molar-refractivity contribution in [2.24, 2.45) is 0 Å². The van der Waals surface area contributed by atoms with Crippen LogP contribution in [-0.2, 0) is 0 Å². The van der Waals surface area contributed by atoms with E-state index in [1.807, 2.05) is 0 Å². The summed E-state index contributed by atoms with van der Waals surface area (Å²) < 4.78 is 0. The fourth-order valence-electron chi connectivity index (χ4n) is 1.13. The zero-order valence-corrected chi connectivity index (χ0v) is 8.47. The van der Waals surface area contributed by atoms with Crippen LogP contribution in [0.25, 0.3) is 0 Å². The number of rotatable bonds is 0. The van der Waals surface area contributed by atoms with Gasteiger partial charge in [0, 0.05) is 0 Å². The van der Waals surface area contributed by atoms with Gasteiger partial charge in [0.15, 0.2) is 0 Å². The Labute approximate surface area is 87.0 Å². The molecule has 0 aromatic carbocycles. The number of hydrogen-bond acceptors (Lipinski definition) is 0. The second-order valence-electron chi connectivity index (χ2n) is 3.10. The van der Waals surface area contributed by atoms with Crippen LogP contribution in [0.5, 0.6) is 0 Å². The summed E-state index contributed by atoms with van der Waals surface area (Å²) in [5.74, 6) is 0. The number of allylic oxidation sites excluding steroid dienone is 10. The Hall–Kier alpha value is -1.30. The molecule has 0 heterocycles. The summed E-state index contributed by atoms with van der Waals surface area (Å²) >= 11 is 0. The highest BCUT2D eigenvalue weighted by Gasteiger charge is 1.79. The van der Waals surface area contributed by atoms with E-state index in [-0.39, 0.29) is 0 Å². The van der Waals surface area contributed by atoms with E-state index in [0.29, 0.717) is 0 Å². The van der Waals surface area contributed by atoms with Crippen molar-refractivity contribution in [3.8, 4) is 0 Å². The van der Waals surface area contributed by atoms with E-state index in [1.54, 1.807) is 0 Å². The molecule has 1 radical (unpaired) electrons. The maximum Gasteiger partial charge on any atom is -0.0163 e. The second kappa shape index (κ2) is 8.31. The van der Waals surface area contributed by atoms with Gasteiger partial charge in [0.25, 0.3) is 0 Å². The van der Waals surface area contributed by atoms with E-state index >= 15 is 0 Å². The van der Waals surface area contributed by atoms with Gasteiger partial charge in [-0.2, -0.15) is 0 Å². The first kappa shape index (κ1) is 10.8. The first-order chi connectivity index (χ1) is 7.00. The van der Waals surface area contributed by atoms with Crippen molar-refractivity contribution in [1.82, 2.24) is 0 Å². The van der Waals surface area contributed by atoms with Gasteiger partial charge < -0.3 is 0 Å². The Morgan fingerprint density at radius 3 is 2.07 bits per heavy atom. The Balaban J connectivity index is 2.45. The minimum atomic E-state index is 1.00. The second-order valence-corrected chi connectivity index (χ2v) is 3.10. The van der Waals surface area contributed by atoms with Gasteiger partial charge in [0.05, 0.1) is 0 Å². The first-order valence-electron chi connectivity index (χ1n) is 5.13. The fraction of sp³-hybridized carbons (Fsp3) is 0.214. The lowest BCUT2D eigenvalue weighted by Crippen LogP contribution is -1.70. The van der Waals surface area contributed by atoms with E-state index < -0.39 is 0 Å². The number of hydrogen-bond donors (Lipinski definition) is 0. The van der Waals surface area contributed by atoms with E-state index in [4.69, 9.17) is 0 Å². The highest BCUT2D eigenvalue weighted by molar-refractivity contribution is 5.15. The summed E-state index contributed by atoms with van der Waals surface area (Å²) in [4.78, 5) is 0. The molecule has 1 aliphatic carbocycles. The lowest BCUT2D eigenvalue weighted by atomic mass is 10.2. The molecule has 0 heteroatoms. The predicted molar refractivity (Wildman–Crippen MR) is 63.9 cm³/mol. The monoisotopic (exact) mass is 185 g/mol. The first-order valence-corrected chi connectivity index (χ1v) is 5.13. The van der Waals surface area contributed by atoms with Crippen molar-refractivity contribution in [2.45, 2.75) is 19.3 Å². The summed E-state index contributed by atoms with van der Waals surface area (Å²) in [5, 5.41) is 0. The topological polar surface area (TPSA) is 0 Å². The molecular formula is C14H17. The Kier molecular flexibility index (Phi) is 6.39. The van der Waals surface area contributed by atoms with Crippen molar-refractivity contribution < 1.29 is 0 Å². The van der Waals surface area contributed by atoms with Gasteiger partial charge in [-0.15, -0.1) is 0 Å². The van der Waals surface area contributed by atoms with Crippen LogP contribution in [0.3, 0.4) is 0 Å². The standard InChI is InChI=1S/C14H17/c1-2-4-6-8-10-12-14-13-11-9-7-5-3-1/h1-7,10,12-14H,8-9,11H2/b2-1+,5-3+,6-4-,12-10+,14-13+. The van der Waals surface area contributed by atoms with Crippen LogP contribution < -0.4 is 0 Å². The molecule has 0 N–H and O–H groups in total. The molecule has 1 aliphatic rings. The third-order valence-corrected chi connectivity index (χ3v) is 1.87. The van der Waals surface area contributed by atoms with Gasteiger partial charge in [-0.1, -0.05) is 60.8 Å². The molecule has 0 amide bonds. The molecule has 0 aliphatic heterocycles. The molecule has 0 unspecified atom stereocenters. The minimum Gasteiger partial charge on any atom is -0.0845 e. The zero-order valence-electron chi connectivity index (χ0n) is 8.47. The van der Waals surface area contributed by atoms with Crippen molar-refractivity contribution in [3.05, 3.63) is 67.2 Å². The molecule has 14 heavy (non-hydrogen) atoms. The van der Waals surface area contributed by atoms with Gasteiger partial charge in [0.1, 0.15) is 0 Å². The van der Waals surface area contributed by atoms with Gasteiger partial charge in [0.2, 0.25) is 0 Å². The van der Waals surface area contributed by atoms with Crippen LogP contribution in [-0.4, -0.2) is 0 Å². The molecule has 0 aromatic heterocycles. The molecular weight excluding hydrogens is 168 g/mol. The lowest BCUT2D eigenvalue weighted by Gasteiger charge is -1.88. The van der Waals surface area contributed by atoms with Crippen molar-refractivity contribution in [2.75, 3.05) is 0 Å². The van der Waals surface area contributed by atoms with E-state index in [9.17, 15) is 0 Å². The highest BCUT2D eigenvalue weighted by atomic mass is 13.9. The molecule has 73 valence electrons. The maximum atomic E-state index is 2.20. The summed E-state index contributed by atoms with van der Waals surface area (Å²) in [6.45, 7) is 0. The van der Waals surface area contributed by atoms with Gasteiger partial charge in [-0.3, -0.25) is 0 Å². The van der Waals surface area contributed by atoms with Crippen LogP contribution in [0, 0.1) is 6.42 Å². The lowest BCUT2D eigenvalue weighted by molar-refractivity contribution is 1.00. The van der Waals surface area contributed by atoms with Crippen LogP contribution in [0.15, 0.2) is 60.8 Å². The van der Waals surface area contributed by atoms with Gasteiger partial charge >= 0.3 is 0 Å². The van der Waals surface area contributed by atoms with E-state index in [2.05, 4.69) is 67.2 Å². The fourth-order valence-corrected chi connectivity index (χ4v) is 1.13. The van der Waals surface area contributed by atoms with Gasteiger partial charge in [-0.25, -0.2) is 0 Å². The molecule has 1 rings (SSSR count). The van der Waals surface area contributed by atoms with Crippen LogP contribution in [0.4, 0.5) is 0 Å². The summed E-state index contributed by atoms with van der Waals surface area (Å²) in [7, 11) is 0. The van der Waals surface area contributed by atoms with Crippen LogP contribution in [0.1, 0.15) is 19.3 Å². The quantitative estimate of drug-likeness (QED) is 0.531. The summed E-state index contributed by atoms with van der Waals surface area (Å²) in [5.41, 5.74) is 0. The molecule has 0 saturated heterocycles. The Morgan fingerprint density at radius 1 is 0.500 bits per heavy atom. The third-order valence-electron chi connectivity index (χ3n) is 1.87. The SMILES string of the molecule is [CH]1/C=C/C=C/C=C\C/C=C/C=C/CC1. The highest BCUT2D eigenvalue weighted by Crippen LogP contribution is 1.98. The van der Waals surface area contributed by atoms with Crippen LogP contribution in [0.2, 0.25) is 0 Å². The van der Waals surface area contributed by atoms with Gasteiger partial charge in [-0.05, 0) is 25.7 Å². The molecule has 0 atom stereocenters. The molecule has 0 spiro atoms. The summed E-state index contributed by atoms with van der Waals surface area (Å²) in [6.07, 6.45) is 26.5. The van der Waals surface area contributed by atoms with Crippen molar-refractivity contribution in [3.63, 3.8) is 0 Å². The van der Waals surface area contributed by atoms with E-state index in [1.165, 1.54) is 0 Å². The average molecular weight is 185 g/mol. The smallest absolute Gasteiger partial charge is 0.0163 e. The average Bonchev–Trinajstić information content (AvgIpc) is 2.22. The Bertz CT molecular complexity index is 262. The largest absolute Gasteiger partial charge is 0.0845 e. The third kappa shape index (κ3) is 6.24. The molecule has 0 fully saturated rings. The predicted octanol–water partition coefficient (Wildman–Crippen LogP) is 4.16. The molecule has 0 bridgehead atoms. The maximum absolute atomic E-state index is 2.20. The zero-order chi connectivity index (χ0) is 9.90. The van der Waals surface area contributed by atoms with E-state index in [0.717, 1.165) is 19.3 Å².